The lowest BCUT2D eigenvalue weighted by Crippen LogP contribution is -1.96. The number of benzene rings is 2. The van der Waals surface area contributed by atoms with Crippen LogP contribution in [0.5, 0.6) is 0 Å². The van der Waals surface area contributed by atoms with Gasteiger partial charge in [0.05, 0.1) is 17.4 Å². The van der Waals surface area contributed by atoms with Crippen LogP contribution in [0, 0.1) is 0 Å². The van der Waals surface area contributed by atoms with E-state index in [2.05, 4.69) is 30.5 Å². The number of anilines is 2. The second-order valence-electron chi connectivity index (χ2n) is 6.35. The van der Waals surface area contributed by atoms with Crippen molar-refractivity contribution >= 4 is 22.5 Å². The number of nitrogens with zero attached hydrogens (tertiary/aromatic N) is 4. The second kappa shape index (κ2) is 6.92. The number of hydrogen-bond acceptors (Lipinski definition) is 5. The number of nitrogens with one attached hydrogen (secondary N) is 2. The summed E-state index contributed by atoms with van der Waals surface area (Å²) >= 11 is 0. The van der Waals surface area contributed by atoms with E-state index in [1.54, 1.807) is 12.4 Å². The third kappa shape index (κ3) is 3.19. The number of hydrogen-bond donors (Lipinski definition) is 2. The minimum Gasteiger partial charge on any atom is -0.339 e. The third-order valence-electron chi connectivity index (χ3n) is 4.43. The summed E-state index contributed by atoms with van der Waals surface area (Å²) in [5.74, 6) is 1.49. The molecular formula is C22H16N6. The lowest BCUT2D eigenvalue weighted by Gasteiger charge is -2.07. The SMILES string of the molecule is c1ccc(-c2ccc(Nc3cccc(-c4nc5cnccc5[nH]4)c3)nn2)cc1. The summed E-state index contributed by atoms with van der Waals surface area (Å²) in [6.45, 7) is 0. The van der Waals surface area contributed by atoms with Crippen LogP contribution in [-0.4, -0.2) is 25.1 Å². The zero-order chi connectivity index (χ0) is 18.8. The second-order valence-corrected chi connectivity index (χ2v) is 6.35. The lowest BCUT2D eigenvalue weighted by molar-refractivity contribution is 1.04. The fraction of sp³-hybridized carbons (Fsp3) is 0. The fourth-order valence-electron chi connectivity index (χ4n) is 3.05. The van der Waals surface area contributed by atoms with E-state index in [0.29, 0.717) is 5.82 Å². The Kier molecular flexibility index (Phi) is 3.99. The van der Waals surface area contributed by atoms with Crippen molar-refractivity contribution in [3.05, 3.63) is 85.2 Å². The van der Waals surface area contributed by atoms with Gasteiger partial charge >= 0.3 is 0 Å². The van der Waals surface area contributed by atoms with Gasteiger partial charge in [-0.2, -0.15) is 0 Å². The Morgan fingerprint density at radius 3 is 2.50 bits per heavy atom. The molecule has 0 saturated heterocycles. The van der Waals surface area contributed by atoms with Crippen molar-refractivity contribution in [2.75, 3.05) is 5.32 Å². The van der Waals surface area contributed by atoms with Crippen LogP contribution in [0.3, 0.4) is 0 Å². The monoisotopic (exact) mass is 364 g/mol. The van der Waals surface area contributed by atoms with Crippen molar-refractivity contribution in [2.45, 2.75) is 0 Å². The number of H-pyrrole nitrogens is 1. The molecule has 0 amide bonds. The van der Waals surface area contributed by atoms with Crippen LogP contribution in [0.1, 0.15) is 0 Å². The van der Waals surface area contributed by atoms with E-state index in [9.17, 15) is 0 Å². The molecule has 0 unspecified atom stereocenters. The average Bonchev–Trinajstić information content (AvgIpc) is 3.20. The van der Waals surface area contributed by atoms with Crippen molar-refractivity contribution < 1.29 is 0 Å². The first-order valence-electron chi connectivity index (χ1n) is 8.91. The Hall–Kier alpha value is -4.06. The highest BCUT2D eigenvalue weighted by molar-refractivity contribution is 5.79. The minimum atomic E-state index is 0.686. The highest BCUT2D eigenvalue weighted by atomic mass is 15.2. The van der Waals surface area contributed by atoms with Crippen LogP contribution in [0.4, 0.5) is 11.5 Å². The maximum Gasteiger partial charge on any atom is 0.153 e. The van der Waals surface area contributed by atoms with Crippen LogP contribution in [0.2, 0.25) is 0 Å². The van der Waals surface area contributed by atoms with Crippen molar-refractivity contribution in [1.82, 2.24) is 25.1 Å². The van der Waals surface area contributed by atoms with Gasteiger partial charge in [-0.25, -0.2) is 4.98 Å². The summed E-state index contributed by atoms with van der Waals surface area (Å²) in [7, 11) is 0. The molecule has 6 heteroatoms. The Labute approximate surface area is 161 Å². The number of pyridine rings is 1. The molecule has 0 aliphatic carbocycles. The molecule has 3 heterocycles. The van der Waals surface area contributed by atoms with Gasteiger partial charge in [-0.05, 0) is 30.3 Å². The van der Waals surface area contributed by atoms with Gasteiger partial charge in [0.2, 0.25) is 0 Å². The molecule has 0 aliphatic heterocycles. The van der Waals surface area contributed by atoms with Crippen molar-refractivity contribution in [1.29, 1.82) is 0 Å². The first-order valence-corrected chi connectivity index (χ1v) is 8.91. The van der Waals surface area contributed by atoms with Crippen LogP contribution in [-0.2, 0) is 0 Å². The maximum atomic E-state index is 4.60. The van der Waals surface area contributed by atoms with Gasteiger partial charge in [0.25, 0.3) is 0 Å². The first-order chi connectivity index (χ1) is 13.8. The lowest BCUT2D eigenvalue weighted by atomic mass is 10.1. The molecule has 2 N–H and O–H groups in total. The molecule has 0 bridgehead atoms. The number of fused-ring (bicyclic) bond motifs is 1. The van der Waals surface area contributed by atoms with E-state index in [1.807, 2.05) is 72.8 Å². The van der Waals surface area contributed by atoms with E-state index < -0.39 is 0 Å². The van der Waals surface area contributed by atoms with Gasteiger partial charge in [-0.3, -0.25) is 4.98 Å². The third-order valence-corrected chi connectivity index (χ3v) is 4.43. The van der Waals surface area contributed by atoms with E-state index >= 15 is 0 Å². The molecule has 134 valence electrons. The van der Waals surface area contributed by atoms with Crippen LogP contribution in [0.25, 0.3) is 33.7 Å². The van der Waals surface area contributed by atoms with Crippen molar-refractivity contribution in [3.8, 4) is 22.6 Å². The standard InChI is InChI=1S/C22H16N6/c1-2-5-15(6-3-1)18-9-10-21(28-27-18)24-17-8-4-7-16(13-17)22-25-19-11-12-23-14-20(19)26-22/h1-14H,(H,24,28)(H,25,26). The van der Waals surface area contributed by atoms with Crippen LogP contribution in [0.15, 0.2) is 85.2 Å². The average molecular weight is 364 g/mol. The normalized spacial score (nSPS) is 10.9. The number of aromatic nitrogens is 5. The van der Waals surface area contributed by atoms with Crippen molar-refractivity contribution in [2.24, 2.45) is 0 Å². The quantitative estimate of drug-likeness (QED) is 0.478. The number of aromatic amines is 1. The van der Waals surface area contributed by atoms with Gasteiger partial charge in [0, 0.05) is 23.0 Å². The fourth-order valence-corrected chi connectivity index (χ4v) is 3.05. The predicted molar refractivity (Wildman–Crippen MR) is 110 cm³/mol. The van der Waals surface area contributed by atoms with E-state index in [-0.39, 0.29) is 0 Å². The Morgan fingerprint density at radius 1 is 0.786 bits per heavy atom. The summed E-state index contributed by atoms with van der Waals surface area (Å²) in [6, 6.07) is 23.8. The highest BCUT2D eigenvalue weighted by Crippen LogP contribution is 2.24. The Bertz CT molecular complexity index is 1200. The first kappa shape index (κ1) is 16.1. The summed E-state index contributed by atoms with van der Waals surface area (Å²) < 4.78 is 0. The predicted octanol–water partition coefficient (Wildman–Crippen LogP) is 4.83. The van der Waals surface area contributed by atoms with Gasteiger partial charge in [-0.15, -0.1) is 10.2 Å². The minimum absolute atomic E-state index is 0.686. The summed E-state index contributed by atoms with van der Waals surface area (Å²) in [5.41, 5.74) is 5.59. The smallest absolute Gasteiger partial charge is 0.153 e. The molecule has 5 rings (SSSR count). The molecular weight excluding hydrogens is 348 g/mol. The largest absolute Gasteiger partial charge is 0.339 e. The zero-order valence-corrected chi connectivity index (χ0v) is 14.9. The van der Waals surface area contributed by atoms with Crippen LogP contribution >= 0.6 is 0 Å². The maximum absolute atomic E-state index is 4.60. The van der Waals surface area contributed by atoms with Gasteiger partial charge in [-0.1, -0.05) is 42.5 Å². The van der Waals surface area contributed by atoms with E-state index in [4.69, 9.17) is 0 Å². The Morgan fingerprint density at radius 2 is 1.68 bits per heavy atom. The molecule has 3 aromatic heterocycles. The van der Waals surface area contributed by atoms with Gasteiger partial charge in [0.15, 0.2) is 5.82 Å². The van der Waals surface area contributed by atoms with E-state index in [1.165, 1.54) is 0 Å². The molecule has 28 heavy (non-hydrogen) atoms. The molecule has 0 fully saturated rings. The molecule has 0 radical (unpaired) electrons. The molecule has 2 aromatic carbocycles. The molecule has 0 spiro atoms. The molecule has 6 nitrogen and oxygen atoms in total. The number of imidazole rings is 1. The summed E-state index contributed by atoms with van der Waals surface area (Å²) in [6.07, 6.45) is 3.50. The topological polar surface area (TPSA) is 79.4 Å². The molecule has 0 atom stereocenters. The van der Waals surface area contributed by atoms with Gasteiger partial charge in [0.1, 0.15) is 11.3 Å². The molecule has 0 saturated carbocycles. The highest BCUT2D eigenvalue weighted by Gasteiger charge is 2.07. The van der Waals surface area contributed by atoms with Crippen molar-refractivity contribution in [3.63, 3.8) is 0 Å². The Balaban J connectivity index is 1.39. The zero-order valence-electron chi connectivity index (χ0n) is 14.9. The summed E-state index contributed by atoms with van der Waals surface area (Å²) in [5, 5.41) is 11.9. The van der Waals surface area contributed by atoms with E-state index in [0.717, 1.165) is 39.4 Å². The van der Waals surface area contributed by atoms with Crippen LogP contribution < -0.4 is 5.32 Å². The summed E-state index contributed by atoms with van der Waals surface area (Å²) in [4.78, 5) is 12.0. The molecule has 5 aromatic rings. The molecule has 0 aliphatic rings. The number of rotatable bonds is 4. The van der Waals surface area contributed by atoms with Gasteiger partial charge < -0.3 is 10.3 Å².